The first-order valence-corrected chi connectivity index (χ1v) is 7.85. The summed E-state index contributed by atoms with van der Waals surface area (Å²) < 4.78 is 5.72. The van der Waals surface area contributed by atoms with Crippen molar-refractivity contribution in [3.05, 3.63) is 29.8 Å². The number of quaternary nitrogens is 1. The van der Waals surface area contributed by atoms with Crippen molar-refractivity contribution in [2.45, 2.75) is 51.2 Å². The Morgan fingerprint density at radius 1 is 1.25 bits per heavy atom. The molecule has 112 valence electrons. The SMILES string of the molecule is Cc1ccccc1OC[C@H](O)C[NH+](C)C1CCCCC1. The lowest BCUT2D eigenvalue weighted by Crippen LogP contribution is -3.14. The maximum Gasteiger partial charge on any atom is 0.137 e. The fourth-order valence-electron chi connectivity index (χ4n) is 3.10. The van der Waals surface area contributed by atoms with Crippen molar-refractivity contribution in [3.63, 3.8) is 0 Å². The molecule has 0 spiro atoms. The molecule has 1 aromatic carbocycles. The van der Waals surface area contributed by atoms with Crippen LogP contribution in [-0.2, 0) is 0 Å². The predicted octanol–water partition coefficient (Wildman–Crippen LogP) is 1.58. The molecule has 0 aliphatic heterocycles. The highest BCUT2D eigenvalue weighted by atomic mass is 16.5. The zero-order chi connectivity index (χ0) is 14.4. The van der Waals surface area contributed by atoms with Crippen molar-refractivity contribution in [2.75, 3.05) is 20.2 Å². The summed E-state index contributed by atoms with van der Waals surface area (Å²) in [5.41, 5.74) is 1.12. The summed E-state index contributed by atoms with van der Waals surface area (Å²) in [5.74, 6) is 0.877. The van der Waals surface area contributed by atoms with E-state index in [-0.39, 0.29) is 0 Å². The van der Waals surface area contributed by atoms with E-state index in [1.165, 1.54) is 37.0 Å². The third-order valence-corrected chi connectivity index (χ3v) is 4.38. The quantitative estimate of drug-likeness (QED) is 0.828. The average Bonchev–Trinajstić information content (AvgIpc) is 2.47. The lowest BCUT2D eigenvalue weighted by Gasteiger charge is -2.29. The van der Waals surface area contributed by atoms with Gasteiger partial charge in [-0.1, -0.05) is 24.6 Å². The van der Waals surface area contributed by atoms with E-state index in [0.29, 0.717) is 6.61 Å². The van der Waals surface area contributed by atoms with E-state index in [1.807, 2.05) is 31.2 Å². The topological polar surface area (TPSA) is 33.9 Å². The number of aliphatic hydroxyl groups is 1. The van der Waals surface area contributed by atoms with Gasteiger partial charge < -0.3 is 14.7 Å². The van der Waals surface area contributed by atoms with Crippen LogP contribution < -0.4 is 9.64 Å². The smallest absolute Gasteiger partial charge is 0.137 e. The van der Waals surface area contributed by atoms with Gasteiger partial charge in [0.15, 0.2) is 0 Å². The van der Waals surface area contributed by atoms with E-state index in [0.717, 1.165) is 23.9 Å². The molecule has 1 aliphatic carbocycles. The lowest BCUT2D eigenvalue weighted by molar-refractivity contribution is -0.910. The molecule has 2 atom stereocenters. The summed E-state index contributed by atoms with van der Waals surface area (Å²) in [6, 6.07) is 8.67. The number of nitrogens with one attached hydrogen (secondary N) is 1. The second kappa shape index (κ2) is 7.65. The maximum atomic E-state index is 10.2. The zero-order valence-corrected chi connectivity index (χ0v) is 12.8. The Bertz CT molecular complexity index is 402. The van der Waals surface area contributed by atoms with E-state index in [4.69, 9.17) is 4.74 Å². The number of benzene rings is 1. The standard InChI is InChI=1S/C17H27NO2/c1-14-8-6-7-11-17(14)20-13-16(19)12-18(2)15-9-4-3-5-10-15/h6-8,11,15-16,19H,3-5,9-10,12-13H2,1-2H3/p+1/t16-/m1/s1. The number of likely N-dealkylation sites (N-methyl/N-ethyl adjacent to an activating group) is 1. The number of hydrogen-bond acceptors (Lipinski definition) is 2. The van der Waals surface area contributed by atoms with Gasteiger partial charge in [0, 0.05) is 0 Å². The Kier molecular flexibility index (Phi) is 5.86. The minimum absolute atomic E-state index is 0.384. The maximum absolute atomic E-state index is 10.2. The van der Waals surface area contributed by atoms with Gasteiger partial charge in [-0.15, -0.1) is 0 Å². The average molecular weight is 278 g/mol. The van der Waals surface area contributed by atoms with Crippen LogP contribution in [0.2, 0.25) is 0 Å². The Labute approximate surface area is 122 Å². The van der Waals surface area contributed by atoms with E-state index < -0.39 is 6.10 Å². The van der Waals surface area contributed by atoms with Crippen LogP contribution in [0, 0.1) is 6.92 Å². The molecule has 0 aromatic heterocycles. The van der Waals surface area contributed by atoms with Gasteiger partial charge in [0.05, 0.1) is 13.1 Å². The van der Waals surface area contributed by atoms with Gasteiger partial charge in [-0.3, -0.25) is 0 Å². The van der Waals surface area contributed by atoms with Gasteiger partial charge in [-0.25, -0.2) is 0 Å². The van der Waals surface area contributed by atoms with Crippen LogP contribution in [0.4, 0.5) is 0 Å². The third-order valence-electron chi connectivity index (χ3n) is 4.38. The van der Waals surface area contributed by atoms with Gasteiger partial charge >= 0.3 is 0 Å². The van der Waals surface area contributed by atoms with Crippen molar-refractivity contribution < 1.29 is 14.7 Å². The molecule has 1 unspecified atom stereocenters. The highest BCUT2D eigenvalue weighted by Crippen LogP contribution is 2.16. The van der Waals surface area contributed by atoms with Crippen LogP contribution in [0.3, 0.4) is 0 Å². The molecule has 1 aromatic rings. The first kappa shape index (κ1) is 15.3. The minimum atomic E-state index is -0.392. The monoisotopic (exact) mass is 278 g/mol. The summed E-state index contributed by atoms with van der Waals surface area (Å²) in [7, 11) is 2.20. The molecule has 0 heterocycles. The second-order valence-corrected chi connectivity index (χ2v) is 6.12. The highest BCUT2D eigenvalue weighted by Gasteiger charge is 2.23. The van der Waals surface area contributed by atoms with Crippen LogP contribution in [-0.4, -0.2) is 37.5 Å². The molecule has 3 heteroatoms. The molecule has 0 saturated heterocycles. The number of hydrogen-bond donors (Lipinski definition) is 2. The molecular weight excluding hydrogens is 250 g/mol. The van der Waals surface area contributed by atoms with Crippen molar-refractivity contribution in [3.8, 4) is 5.75 Å². The van der Waals surface area contributed by atoms with Gasteiger partial charge in [0.25, 0.3) is 0 Å². The van der Waals surface area contributed by atoms with E-state index in [9.17, 15) is 5.11 Å². The van der Waals surface area contributed by atoms with Crippen LogP contribution in [0.1, 0.15) is 37.7 Å². The fourth-order valence-corrected chi connectivity index (χ4v) is 3.10. The molecule has 2 rings (SSSR count). The molecular formula is C17H28NO2+. The lowest BCUT2D eigenvalue weighted by atomic mass is 9.94. The Hall–Kier alpha value is -1.06. The van der Waals surface area contributed by atoms with E-state index in [1.54, 1.807) is 0 Å². The molecule has 1 fully saturated rings. The number of aryl methyl sites for hydroxylation is 1. The molecule has 20 heavy (non-hydrogen) atoms. The van der Waals surface area contributed by atoms with E-state index in [2.05, 4.69) is 7.05 Å². The zero-order valence-electron chi connectivity index (χ0n) is 12.8. The van der Waals surface area contributed by atoms with Gasteiger partial charge in [0.1, 0.15) is 25.0 Å². The minimum Gasteiger partial charge on any atom is -0.490 e. The summed E-state index contributed by atoms with van der Waals surface area (Å²) >= 11 is 0. The van der Waals surface area contributed by atoms with Crippen LogP contribution in [0.25, 0.3) is 0 Å². The molecule has 0 bridgehead atoms. The van der Waals surface area contributed by atoms with Crippen molar-refractivity contribution >= 4 is 0 Å². The predicted molar refractivity (Wildman–Crippen MR) is 81.3 cm³/mol. The largest absolute Gasteiger partial charge is 0.490 e. The molecule has 0 amide bonds. The molecule has 2 N–H and O–H groups in total. The van der Waals surface area contributed by atoms with E-state index >= 15 is 0 Å². The summed E-state index contributed by atoms with van der Waals surface area (Å²) in [6.07, 6.45) is 6.28. The first-order valence-electron chi connectivity index (χ1n) is 7.85. The number of aliphatic hydroxyl groups excluding tert-OH is 1. The number of rotatable bonds is 6. The normalized spacial score (nSPS) is 19.6. The third kappa shape index (κ3) is 4.50. The van der Waals surface area contributed by atoms with Gasteiger partial charge in [-0.05, 0) is 44.2 Å². The Morgan fingerprint density at radius 2 is 1.95 bits per heavy atom. The Balaban J connectivity index is 1.74. The molecule has 3 nitrogen and oxygen atoms in total. The molecule has 1 saturated carbocycles. The Morgan fingerprint density at radius 3 is 2.65 bits per heavy atom. The van der Waals surface area contributed by atoms with Crippen LogP contribution >= 0.6 is 0 Å². The van der Waals surface area contributed by atoms with Crippen molar-refractivity contribution in [2.24, 2.45) is 0 Å². The van der Waals surface area contributed by atoms with Crippen molar-refractivity contribution in [1.29, 1.82) is 0 Å². The van der Waals surface area contributed by atoms with Gasteiger partial charge in [0.2, 0.25) is 0 Å². The summed E-state index contributed by atoms with van der Waals surface area (Å²) in [6.45, 7) is 3.19. The molecule has 1 aliphatic rings. The highest BCUT2D eigenvalue weighted by molar-refractivity contribution is 5.31. The number of para-hydroxylation sites is 1. The molecule has 0 radical (unpaired) electrons. The van der Waals surface area contributed by atoms with Crippen LogP contribution in [0.15, 0.2) is 24.3 Å². The first-order chi connectivity index (χ1) is 9.66. The number of ether oxygens (including phenoxy) is 1. The summed E-state index contributed by atoms with van der Waals surface area (Å²) in [4.78, 5) is 1.45. The second-order valence-electron chi connectivity index (χ2n) is 6.12. The fraction of sp³-hybridized carbons (Fsp3) is 0.647. The van der Waals surface area contributed by atoms with Crippen LogP contribution in [0.5, 0.6) is 5.75 Å². The van der Waals surface area contributed by atoms with Crippen molar-refractivity contribution in [1.82, 2.24) is 0 Å². The summed E-state index contributed by atoms with van der Waals surface area (Å²) in [5, 5.41) is 10.2. The van der Waals surface area contributed by atoms with Gasteiger partial charge in [-0.2, -0.15) is 0 Å².